The largest absolute Gasteiger partial charge is 0.491 e. The van der Waals surface area contributed by atoms with E-state index in [1.807, 2.05) is 24.3 Å². The van der Waals surface area contributed by atoms with Crippen molar-refractivity contribution in [2.24, 2.45) is 29.1 Å². The van der Waals surface area contributed by atoms with Gasteiger partial charge in [0.1, 0.15) is 24.6 Å². The number of nitrogens with one attached hydrogen (secondary N) is 1. The number of aliphatic hydroxyl groups excluding tert-OH is 1. The molecule has 4 aliphatic carbocycles. The number of amides is 2. The van der Waals surface area contributed by atoms with E-state index in [2.05, 4.69) is 16.2 Å². The van der Waals surface area contributed by atoms with Gasteiger partial charge in [0.2, 0.25) is 27.7 Å². The number of ketones is 1. The summed E-state index contributed by atoms with van der Waals surface area (Å²) in [7, 11) is -3.97. The summed E-state index contributed by atoms with van der Waals surface area (Å²) < 4.78 is 47.3. The number of carbonyl (C=O) groups is 4. The summed E-state index contributed by atoms with van der Waals surface area (Å²) in [4.78, 5) is 66.4. The van der Waals surface area contributed by atoms with Crippen molar-refractivity contribution in [3.63, 3.8) is 0 Å². The van der Waals surface area contributed by atoms with Crippen molar-refractivity contribution in [1.82, 2.24) is 19.5 Å². The monoisotopic (exact) mass is 888 g/mol. The Balaban J connectivity index is 1.05. The molecule has 1 aromatic heterocycles. The molecule has 2 amide bonds. The summed E-state index contributed by atoms with van der Waals surface area (Å²) in [5.41, 5.74) is 0.212. The van der Waals surface area contributed by atoms with E-state index in [4.69, 9.17) is 19.2 Å². The quantitative estimate of drug-likeness (QED) is 0.204. The molecule has 15 heteroatoms. The third-order valence-corrected chi connectivity index (χ3v) is 17.6. The Kier molecular flexibility index (Phi) is 12.4. The van der Waals surface area contributed by atoms with Gasteiger partial charge >= 0.3 is 5.97 Å². The van der Waals surface area contributed by atoms with Crippen LogP contribution < -0.4 is 14.2 Å². The summed E-state index contributed by atoms with van der Waals surface area (Å²) in [6.07, 6.45) is 11.2. The van der Waals surface area contributed by atoms with E-state index in [0.29, 0.717) is 68.6 Å². The summed E-state index contributed by atoms with van der Waals surface area (Å²) in [5, 5.41) is 10.7. The number of rotatable bonds is 12. The van der Waals surface area contributed by atoms with E-state index >= 15 is 4.79 Å². The highest BCUT2D eigenvalue weighted by atomic mass is 32.2. The van der Waals surface area contributed by atoms with Crippen LogP contribution in [0, 0.1) is 29.1 Å². The fraction of sp³-hybridized carbons (Fsp3) is 0.688. The molecule has 4 heterocycles. The zero-order valence-corrected chi connectivity index (χ0v) is 37.5. The smallest absolute Gasteiger partial charge is 0.306 e. The van der Waals surface area contributed by atoms with Gasteiger partial charge in [-0.1, -0.05) is 50.3 Å². The number of pyridine rings is 1. The number of sulfonamides is 1. The average molecular weight is 889 g/mol. The number of nitrogens with zero attached hydrogens (tertiary/aromatic N) is 3. The van der Waals surface area contributed by atoms with Gasteiger partial charge in [0.25, 0.3) is 0 Å². The lowest BCUT2D eigenvalue weighted by atomic mass is 9.77. The summed E-state index contributed by atoms with van der Waals surface area (Å²) in [6, 6.07) is 6.80. The Hall–Kier alpha value is -4.08. The Morgan fingerprint density at radius 2 is 1.73 bits per heavy atom. The van der Waals surface area contributed by atoms with Crippen LogP contribution in [0.25, 0.3) is 10.9 Å². The highest BCUT2D eigenvalue weighted by Gasteiger charge is 2.62. The van der Waals surface area contributed by atoms with Crippen molar-refractivity contribution in [1.29, 1.82) is 0 Å². The number of Topliss-reactive ketones (excluding diaryl/α,β-unsaturated/α-hetero) is 1. The number of likely N-dealkylation sites (tertiary alicyclic amines) is 1. The fourth-order valence-electron chi connectivity index (χ4n) is 10.8. The minimum atomic E-state index is -3.97. The van der Waals surface area contributed by atoms with Crippen molar-refractivity contribution in [2.45, 2.75) is 145 Å². The maximum absolute atomic E-state index is 15.2. The van der Waals surface area contributed by atoms with E-state index in [1.165, 1.54) is 0 Å². The lowest BCUT2D eigenvalue weighted by Gasteiger charge is -2.35. The van der Waals surface area contributed by atoms with Crippen molar-refractivity contribution in [2.75, 3.05) is 32.8 Å². The number of aliphatic hydroxyl groups is 1. The number of carbonyl (C=O) groups excluding carboxylic acids is 4. The number of benzene rings is 1. The van der Waals surface area contributed by atoms with Crippen LogP contribution in [-0.2, 0) is 40.4 Å². The first-order valence-electron chi connectivity index (χ1n) is 23.6. The maximum Gasteiger partial charge on any atom is 0.306 e. The molecule has 6 fully saturated rings. The molecule has 2 bridgehead atoms. The number of esters is 1. The fourth-order valence-corrected chi connectivity index (χ4v) is 12.2. The molecule has 0 unspecified atom stereocenters. The zero-order valence-electron chi connectivity index (χ0n) is 36.6. The van der Waals surface area contributed by atoms with E-state index in [0.717, 1.165) is 75.2 Å². The SMILES string of the molecule is C=C[C@@H]1C[C@]1(CC(=O)[C@@H]1C[C@@H]2CN1C(=O)[C@H](C1CCCCC1)CC(=O)O[C@@H]1C[C@H]1CCCCCc1c(nc3ccccc3c1OCCN1CC(O)C1)O2)C(=O)NS(=O)(=O)C1(C)CC1. The Bertz CT molecular complexity index is 2220. The molecule has 0 spiro atoms. The molecule has 7 atom stereocenters. The number of hydrogen-bond acceptors (Lipinski definition) is 12. The van der Waals surface area contributed by atoms with Gasteiger partial charge in [-0.3, -0.25) is 28.8 Å². The molecule has 9 rings (SSSR count). The molecule has 14 nitrogen and oxygen atoms in total. The minimum absolute atomic E-state index is 0.0530. The van der Waals surface area contributed by atoms with Crippen LogP contribution in [-0.4, -0.2) is 114 Å². The number of para-hydroxylation sites is 1. The molecular formula is C48H64N4O10S. The highest BCUT2D eigenvalue weighted by Crippen LogP contribution is 2.57. The predicted molar refractivity (Wildman–Crippen MR) is 234 cm³/mol. The number of allylic oxidation sites excluding steroid dienone is 1. The summed E-state index contributed by atoms with van der Waals surface area (Å²) in [6.45, 7) is 7.85. The highest BCUT2D eigenvalue weighted by molar-refractivity contribution is 7.91. The second-order valence-electron chi connectivity index (χ2n) is 20.0. The minimum Gasteiger partial charge on any atom is -0.491 e. The summed E-state index contributed by atoms with van der Waals surface area (Å²) >= 11 is 0. The van der Waals surface area contributed by atoms with Crippen molar-refractivity contribution < 1.29 is 46.9 Å². The van der Waals surface area contributed by atoms with Gasteiger partial charge in [-0.05, 0) is 94.6 Å². The third kappa shape index (κ3) is 9.25. The van der Waals surface area contributed by atoms with Gasteiger partial charge in [-0.15, -0.1) is 6.58 Å². The molecule has 0 radical (unpaired) electrons. The molecule has 3 aliphatic heterocycles. The van der Waals surface area contributed by atoms with E-state index in [1.54, 1.807) is 17.9 Å². The maximum atomic E-state index is 15.2. The Morgan fingerprint density at radius 3 is 2.44 bits per heavy atom. The van der Waals surface area contributed by atoms with Crippen LogP contribution in [0.3, 0.4) is 0 Å². The van der Waals surface area contributed by atoms with Crippen LogP contribution in [0.5, 0.6) is 11.6 Å². The molecule has 7 aliphatic rings. The number of β-amino-alcohol motifs (C(OH)–C–C–N with tert-alkyl or cyclic N) is 1. The molecule has 2 N–H and O–H groups in total. The Labute approximate surface area is 370 Å². The average Bonchev–Trinajstić information content (AvgIpc) is 4.22. The summed E-state index contributed by atoms with van der Waals surface area (Å²) in [5.74, 6) is -1.49. The number of hydrogen-bond donors (Lipinski definition) is 2. The van der Waals surface area contributed by atoms with Crippen LogP contribution >= 0.6 is 0 Å². The molecule has 2 saturated heterocycles. The van der Waals surface area contributed by atoms with Crippen LogP contribution in [0.2, 0.25) is 0 Å². The molecule has 1 aromatic carbocycles. The topological polar surface area (TPSA) is 182 Å². The van der Waals surface area contributed by atoms with Crippen LogP contribution in [0.15, 0.2) is 36.9 Å². The van der Waals surface area contributed by atoms with Gasteiger partial charge in [0, 0.05) is 37.9 Å². The molecule has 4 saturated carbocycles. The van der Waals surface area contributed by atoms with Crippen molar-refractivity contribution in [3.05, 3.63) is 42.5 Å². The van der Waals surface area contributed by atoms with Gasteiger partial charge in [0.05, 0.1) is 52.3 Å². The first-order valence-corrected chi connectivity index (χ1v) is 25.1. The Morgan fingerprint density at radius 1 is 1.00 bits per heavy atom. The van der Waals surface area contributed by atoms with E-state index < -0.39 is 50.1 Å². The molecule has 342 valence electrons. The zero-order chi connectivity index (χ0) is 44.1. The molecule has 63 heavy (non-hydrogen) atoms. The molecular weight excluding hydrogens is 825 g/mol. The normalized spacial score (nSPS) is 31.6. The van der Waals surface area contributed by atoms with Crippen molar-refractivity contribution in [3.8, 4) is 11.6 Å². The number of fused-ring (bicyclic) bond motifs is 5. The van der Waals surface area contributed by atoms with Crippen LogP contribution in [0.1, 0.15) is 115 Å². The first kappa shape index (κ1) is 44.1. The van der Waals surface area contributed by atoms with Crippen LogP contribution in [0.4, 0.5) is 0 Å². The third-order valence-electron chi connectivity index (χ3n) is 15.4. The van der Waals surface area contributed by atoms with Crippen molar-refractivity contribution >= 4 is 44.5 Å². The number of ether oxygens (including phenoxy) is 3. The van der Waals surface area contributed by atoms with Gasteiger partial charge in [0.15, 0.2) is 5.78 Å². The standard InChI is InChI=1S/C48H64N4O10S/c1-3-32-25-48(32,46(57)50-63(58,59)47(2)18-19-47)26-40(54)39-23-34-29-52(39)45(56)37(30-12-6-4-7-13-30)24-42(55)62-41-22-31(41)14-8-5-9-16-36-43(60-21-20-51-27-33(53)28-51)35-15-10-11-17-38(35)49-44(36)61-34/h3,10-11,15,17,30-34,37,39,41,53H,1,4-9,12-14,16,18-29H2,2H3,(H,50,57)/t31-,32-,34-,37+,39+,41-,48-/m1/s1. The number of aromatic nitrogens is 1. The van der Waals surface area contributed by atoms with Gasteiger partial charge in [-0.2, -0.15) is 0 Å². The van der Waals surface area contributed by atoms with E-state index in [-0.39, 0.29) is 68.0 Å². The molecule has 2 aromatic rings. The second-order valence-corrected chi connectivity index (χ2v) is 22.2. The predicted octanol–water partition coefficient (Wildman–Crippen LogP) is 5.42. The lowest BCUT2D eigenvalue weighted by molar-refractivity contribution is -0.153. The second kappa shape index (κ2) is 17.7. The van der Waals surface area contributed by atoms with E-state index in [9.17, 15) is 27.9 Å². The van der Waals surface area contributed by atoms with Gasteiger partial charge in [-0.25, -0.2) is 13.4 Å². The van der Waals surface area contributed by atoms with Gasteiger partial charge < -0.3 is 24.2 Å². The lowest BCUT2D eigenvalue weighted by Crippen LogP contribution is -2.51. The first-order chi connectivity index (χ1) is 30.3.